The van der Waals surface area contributed by atoms with E-state index in [4.69, 9.17) is 0 Å². The second kappa shape index (κ2) is 6.57. The van der Waals surface area contributed by atoms with Crippen LogP contribution in [0.3, 0.4) is 0 Å². The van der Waals surface area contributed by atoms with Crippen LogP contribution in [0.5, 0.6) is 0 Å². The topological polar surface area (TPSA) is 58.1 Å². The lowest BCUT2D eigenvalue weighted by atomic mass is 10.1. The van der Waals surface area contributed by atoms with Crippen LogP contribution >= 0.6 is 11.3 Å². The Morgan fingerprint density at radius 1 is 1.08 bits per heavy atom. The van der Waals surface area contributed by atoms with Gasteiger partial charge < -0.3 is 10.2 Å². The van der Waals surface area contributed by atoms with Gasteiger partial charge in [-0.3, -0.25) is 4.79 Å². The first-order chi connectivity index (χ1) is 11.8. The Labute approximate surface area is 144 Å². The second-order valence-electron chi connectivity index (χ2n) is 5.91. The standard InChI is InChI=1S/C18H18N4OS/c23-18(15-10-13-6-2-3-7-14(13)24-15)21-16-11-17(20-12-19-16)22-8-4-1-5-9-22/h2-3,6-7,10-12H,1,4-5,8-9H2,(H,19,20,21,23). The Morgan fingerprint density at radius 3 is 2.75 bits per heavy atom. The largest absolute Gasteiger partial charge is 0.356 e. The van der Waals surface area contributed by atoms with E-state index in [0.717, 1.165) is 29.0 Å². The van der Waals surface area contributed by atoms with Gasteiger partial charge in [-0.1, -0.05) is 18.2 Å². The molecular weight excluding hydrogens is 320 g/mol. The molecule has 1 aliphatic heterocycles. The number of nitrogens with zero attached hydrogens (tertiary/aromatic N) is 3. The Bertz CT molecular complexity index is 837. The average Bonchev–Trinajstić information content (AvgIpc) is 3.07. The van der Waals surface area contributed by atoms with Crippen molar-refractivity contribution in [1.82, 2.24) is 9.97 Å². The molecule has 1 fully saturated rings. The monoisotopic (exact) mass is 338 g/mol. The number of carbonyl (C=O) groups is 1. The first-order valence-corrected chi connectivity index (χ1v) is 8.98. The Hall–Kier alpha value is -2.47. The molecule has 0 unspecified atom stereocenters. The predicted octanol–water partition coefficient (Wildman–Crippen LogP) is 3.93. The van der Waals surface area contributed by atoms with Gasteiger partial charge >= 0.3 is 0 Å². The number of nitrogens with one attached hydrogen (secondary N) is 1. The van der Waals surface area contributed by atoms with Crippen molar-refractivity contribution in [2.75, 3.05) is 23.3 Å². The quantitative estimate of drug-likeness (QED) is 0.786. The summed E-state index contributed by atoms with van der Waals surface area (Å²) in [5, 5.41) is 3.98. The van der Waals surface area contributed by atoms with Crippen molar-refractivity contribution in [3.05, 3.63) is 47.6 Å². The number of anilines is 2. The number of carbonyl (C=O) groups excluding carboxylic acids is 1. The van der Waals surface area contributed by atoms with Crippen LogP contribution in [0.25, 0.3) is 10.1 Å². The molecule has 0 saturated carbocycles. The van der Waals surface area contributed by atoms with E-state index in [-0.39, 0.29) is 5.91 Å². The third-order valence-corrected chi connectivity index (χ3v) is 5.34. The number of hydrogen-bond acceptors (Lipinski definition) is 5. The van der Waals surface area contributed by atoms with E-state index in [2.05, 4.69) is 20.2 Å². The van der Waals surface area contributed by atoms with E-state index >= 15 is 0 Å². The SMILES string of the molecule is O=C(Nc1cc(N2CCCCC2)ncn1)c1cc2ccccc2s1. The van der Waals surface area contributed by atoms with Crippen molar-refractivity contribution in [1.29, 1.82) is 0 Å². The van der Waals surface area contributed by atoms with Gasteiger partial charge in [0.25, 0.3) is 5.91 Å². The molecule has 122 valence electrons. The predicted molar refractivity (Wildman–Crippen MR) is 97.9 cm³/mol. The summed E-state index contributed by atoms with van der Waals surface area (Å²) in [5.41, 5.74) is 0. The zero-order chi connectivity index (χ0) is 16.4. The third kappa shape index (κ3) is 3.10. The van der Waals surface area contributed by atoms with E-state index < -0.39 is 0 Å². The third-order valence-electron chi connectivity index (χ3n) is 4.22. The Balaban J connectivity index is 1.52. The smallest absolute Gasteiger partial charge is 0.266 e. The molecule has 0 bridgehead atoms. The first kappa shape index (κ1) is 15.1. The van der Waals surface area contributed by atoms with Crippen LogP contribution < -0.4 is 10.2 Å². The summed E-state index contributed by atoms with van der Waals surface area (Å²) < 4.78 is 1.11. The molecule has 5 nitrogen and oxygen atoms in total. The maximum atomic E-state index is 12.5. The van der Waals surface area contributed by atoms with Crippen LogP contribution in [0.2, 0.25) is 0 Å². The summed E-state index contributed by atoms with van der Waals surface area (Å²) in [5.74, 6) is 1.31. The molecule has 24 heavy (non-hydrogen) atoms. The molecule has 1 saturated heterocycles. The van der Waals surface area contributed by atoms with Crippen LogP contribution in [0, 0.1) is 0 Å². The van der Waals surface area contributed by atoms with Crippen molar-refractivity contribution in [3.63, 3.8) is 0 Å². The number of benzene rings is 1. The van der Waals surface area contributed by atoms with Gasteiger partial charge in [0.2, 0.25) is 0 Å². The number of amides is 1. The van der Waals surface area contributed by atoms with Crippen molar-refractivity contribution in [3.8, 4) is 0 Å². The molecule has 6 heteroatoms. The highest BCUT2D eigenvalue weighted by Crippen LogP contribution is 2.26. The molecular formula is C18H18N4OS. The molecule has 2 aromatic heterocycles. The number of hydrogen-bond donors (Lipinski definition) is 1. The highest BCUT2D eigenvalue weighted by Gasteiger charge is 2.15. The summed E-state index contributed by atoms with van der Waals surface area (Å²) >= 11 is 1.49. The molecule has 1 N–H and O–H groups in total. The average molecular weight is 338 g/mol. The molecule has 0 atom stereocenters. The van der Waals surface area contributed by atoms with Crippen LogP contribution in [0.4, 0.5) is 11.6 Å². The van der Waals surface area contributed by atoms with Gasteiger partial charge in [0.15, 0.2) is 0 Å². The fourth-order valence-electron chi connectivity index (χ4n) is 2.98. The minimum atomic E-state index is -0.125. The lowest BCUT2D eigenvalue weighted by Crippen LogP contribution is -2.30. The van der Waals surface area contributed by atoms with Gasteiger partial charge in [-0.2, -0.15) is 0 Å². The molecule has 1 aliphatic rings. The number of piperidine rings is 1. The normalized spacial score (nSPS) is 14.8. The summed E-state index contributed by atoms with van der Waals surface area (Å²) in [4.78, 5) is 24.0. The number of fused-ring (bicyclic) bond motifs is 1. The number of rotatable bonds is 3. The summed E-state index contributed by atoms with van der Waals surface area (Å²) in [7, 11) is 0. The molecule has 3 heterocycles. The highest BCUT2D eigenvalue weighted by atomic mass is 32.1. The molecule has 0 aliphatic carbocycles. The van der Waals surface area contributed by atoms with Crippen molar-refractivity contribution >= 4 is 39.0 Å². The van der Waals surface area contributed by atoms with Gasteiger partial charge in [0.1, 0.15) is 18.0 Å². The van der Waals surface area contributed by atoms with Crippen LogP contribution in [-0.4, -0.2) is 29.0 Å². The highest BCUT2D eigenvalue weighted by molar-refractivity contribution is 7.20. The van der Waals surface area contributed by atoms with Crippen molar-refractivity contribution < 1.29 is 4.79 Å². The molecule has 0 radical (unpaired) electrons. The molecule has 4 rings (SSSR count). The van der Waals surface area contributed by atoms with Gasteiger partial charge in [0.05, 0.1) is 4.88 Å². The van der Waals surface area contributed by atoms with Gasteiger partial charge in [-0.25, -0.2) is 9.97 Å². The Morgan fingerprint density at radius 2 is 1.92 bits per heavy atom. The van der Waals surface area contributed by atoms with Gasteiger partial charge in [0, 0.05) is 23.9 Å². The van der Waals surface area contributed by atoms with Crippen molar-refractivity contribution in [2.45, 2.75) is 19.3 Å². The molecule has 1 amide bonds. The first-order valence-electron chi connectivity index (χ1n) is 8.16. The summed E-state index contributed by atoms with van der Waals surface area (Å²) in [6.45, 7) is 2.03. The maximum absolute atomic E-state index is 12.5. The second-order valence-corrected chi connectivity index (χ2v) is 7.00. The lowest BCUT2D eigenvalue weighted by Gasteiger charge is -2.27. The van der Waals surface area contributed by atoms with Crippen LogP contribution in [0.15, 0.2) is 42.7 Å². The molecule has 1 aromatic carbocycles. The van der Waals surface area contributed by atoms with E-state index in [9.17, 15) is 4.79 Å². The minimum Gasteiger partial charge on any atom is -0.356 e. The Kier molecular flexibility index (Phi) is 4.13. The molecule has 3 aromatic rings. The summed E-state index contributed by atoms with van der Waals surface area (Å²) in [6.07, 6.45) is 5.17. The van der Waals surface area contributed by atoms with E-state index in [1.54, 1.807) is 0 Å². The van der Waals surface area contributed by atoms with Crippen molar-refractivity contribution in [2.24, 2.45) is 0 Å². The fraction of sp³-hybridized carbons (Fsp3) is 0.278. The van der Waals surface area contributed by atoms with Gasteiger partial charge in [-0.05, 0) is 36.8 Å². The maximum Gasteiger partial charge on any atom is 0.266 e. The van der Waals surface area contributed by atoms with Crippen LogP contribution in [0.1, 0.15) is 28.9 Å². The number of thiophene rings is 1. The van der Waals surface area contributed by atoms with E-state index in [1.165, 1.54) is 36.9 Å². The number of aromatic nitrogens is 2. The lowest BCUT2D eigenvalue weighted by molar-refractivity contribution is 0.103. The zero-order valence-corrected chi connectivity index (χ0v) is 14.1. The van der Waals surface area contributed by atoms with Gasteiger partial charge in [-0.15, -0.1) is 11.3 Å². The van der Waals surface area contributed by atoms with E-state index in [1.807, 2.05) is 36.4 Å². The van der Waals surface area contributed by atoms with E-state index in [0.29, 0.717) is 10.7 Å². The zero-order valence-electron chi connectivity index (χ0n) is 13.2. The van der Waals surface area contributed by atoms with Crippen LogP contribution in [-0.2, 0) is 0 Å². The fourth-order valence-corrected chi connectivity index (χ4v) is 3.94. The molecule has 0 spiro atoms. The minimum absolute atomic E-state index is 0.125. The summed E-state index contributed by atoms with van der Waals surface area (Å²) in [6, 6.07) is 11.8.